The van der Waals surface area contributed by atoms with Crippen LogP contribution in [0.1, 0.15) is 29.2 Å². The smallest absolute Gasteiger partial charge is 0.267 e. The Morgan fingerprint density at radius 1 is 1.42 bits per heavy atom. The maximum Gasteiger partial charge on any atom is 0.267 e. The van der Waals surface area contributed by atoms with Crippen molar-refractivity contribution in [3.63, 3.8) is 0 Å². The minimum atomic E-state index is -3.68. The van der Waals surface area contributed by atoms with Crippen molar-refractivity contribution in [2.24, 2.45) is 12.8 Å². The Balaban J connectivity index is 1.75. The summed E-state index contributed by atoms with van der Waals surface area (Å²) < 4.78 is 34.6. The highest BCUT2D eigenvalue weighted by atomic mass is 32.2. The number of carbonyl (C=O) groups is 1. The van der Waals surface area contributed by atoms with Gasteiger partial charge in [0.15, 0.2) is 5.03 Å². The van der Waals surface area contributed by atoms with Crippen molar-refractivity contribution in [2.45, 2.75) is 30.9 Å². The molecule has 1 amide bonds. The minimum absolute atomic E-state index is 0.0399. The molecule has 3 heterocycles. The highest BCUT2D eigenvalue weighted by Gasteiger charge is 2.33. The van der Waals surface area contributed by atoms with E-state index in [0.717, 1.165) is 0 Å². The second-order valence-corrected chi connectivity index (χ2v) is 8.11. The number of aryl methyl sites for hydroxylation is 2. The maximum atomic E-state index is 12.8. The molecule has 1 aliphatic rings. The van der Waals surface area contributed by atoms with Crippen molar-refractivity contribution in [1.82, 2.24) is 18.8 Å². The number of hydrogen-bond acceptors (Lipinski definition) is 6. The van der Waals surface area contributed by atoms with Crippen LogP contribution in [0.25, 0.3) is 0 Å². The molecule has 9 nitrogen and oxygen atoms in total. The van der Waals surface area contributed by atoms with E-state index in [9.17, 15) is 13.2 Å². The summed E-state index contributed by atoms with van der Waals surface area (Å²) in [6.07, 6.45) is 4.00. The molecule has 0 saturated carbocycles. The van der Waals surface area contributed by atoms with Gasteiger partial charge in [-0.15, -0.1) is 0 Å². The van der Waals surface area contributed by atoms with E-state index in [4.69, 9.17) is 10.5 Å². The van der Waals surface area contributed by atoms with Gasteiger partial charge in [0.05, 0.1) is 6.54 Å². The van der Waals surface area contributed by atoms with E-state index < -0.39 is 15.9 Å². The number of piperidine rings is 1. The van der Waals surface area contributed by atoms with Crippen LogP contribution in [-0.2, 0) is 17.1 Å². The standard InChI is InChI=1S/C16H21N5O4S/c1-11-19-15(10-20(11)2)26(23,24)21-7-3-4-13(9-21)25-12-5-6-18-14(8-12)16(17)22/h5-6,8,10,13H,3-4,7,9H2,1-2H3,(H2,17,22). The van der Waals surface area contributed by atoms with Gasteiger partial charge in [-0.3, -0.25) is 9.78 Å². The molecule has 0 bridgehead atoms. The normalized spacial score (nSPS) is 18.6. The van der Waals surface area contributed by atoms with Crippen LogP contribution in [0.4, 0.5) is 0 Å². The molecule has 2 N–H and O–H groups in total. The van der Waals surface area contributed by atoms with Crippen molar-refractivity contribution < 1.29 is 17.9 Å². The number of rotatable bonds is 5. The summed E-state index contributed by atoms with van der Waals surface area (Å²) in [5.74, 6) is 0.421. The second-order valence-electron chi connectivity index (χ2n) is 6.22. The lowest BCUT2D eigenvalue weighted by molar-refractivity contribution is 0.0993. The quantitative estimate of drug-likeness (QED) is 0.805. The Bertz CT molecular complexity index is 905. The van der Waals surface area contributed by atoms with E-state index in [1.165, 1.54) is 22.8 Å². The molecule has 3 rings (SSSR count). The summed E-state index contributed by atoms with van der Waals surface area (Å²) in [4.78, 5) is 19.2. The van der Waals surface area contributed by atoms with Crippen molar-refractivity contribution in [3.05, 3.63) is 36.0 Å². The number of aromatic nitrogens is 3. The van der Waals surface area contributed by atoms with Crippen LogP contribution in [0.3, 0.4) is 0 Å². The third kappa shape index (κ3) is 3.70. The van der Waals surface area contributed by atoms with Crippen molar-refractivity contribution in [1.29, 1.82) is 0 Å². The van der Waals surface area contributed by atoms with E-state index in [1.54, 1.807) is 24.6 Å². The molecule has 1 unspecified atom stereocenters. The minimum Gasteiger partial charge on any atom is -0.489 e. The number of hydrogen-bond donors (Lipinski definition) is 1. The number of nitrogens with two attached hydrogens (primary N) is 1. The summed E-state index contributed by atoms with van der Waals surface area (Å²) in [6.45, 7) is 2.38. The number of carbonyl (C=O) groups excluding carboxylic acids is 1. The first kappa shape index (κ1) is 18.3. The molecule has 0 aromatic carbocycles. The van der Waals surface area contributed by atoms with Crippen LogP contribution in [0, 0.1) is 6.92 Å². The van der Waals surface area contributed by atoms with Gasteiger partial charge in [0.1, 0.15) is 23.4 Å². The lowest BCUT2D eigenvalue weighted by Crippen LogP contribution is -2.44. The summed E-state index contributed by atoms with van der Waals surface area (Å²) in [5, 5.41) is 0.0399. The molecule has 2 aromatic heterocycles. The van der Waals surface area contributed by atoms with Crippen LogP contribution < -0.4 is 10.5 Å². The number of sulfonamides is 1. The van der Waals surface area contributed by atoms with Crippen molar-refractivity contribution >= 4 is 15.9 Å². The second kappa shape index (κ2) is 7.04. The number of primary amides is 1. The molecule has 1 atom stereocenters. The Morgan fingerprint density at radius 3 is 2.85 bits per heavy atom. The number of nitrogens with zero attached hydrogens (tertiary/aromatic N) is 4. The number of imidazole rings is 1. The van der Waals surface area contributed by atoms with Gasteiger partial charge in [-0.05, 0) is 25.8 Å². The first-order valence-electron chi connectivity index (χ1n) is 8.20. The zero-order valence-corrected chi connectivity index (χ0v) is 15.4. The van der Waals surface area contributed by atoms with Crippen LogP contribution in [-0.4, -0.2) is 52.4 Å². The fourth-order valence-electron chi connectivity index (χ4n) is 2.81. The summed E-state index contributed by atoms with van der Waals surface area (Å²) in [6, 6.07) is 3.07. The third-order valence-electron chi connectivity index (χ3n) is 4.32. The van der Waals surface area contributed by atoms with Gasteiger partial charge < -0.3 is 15.0 Å². The van der Waals surface area contributed by atoms with Crippen LogP contribution >= 0.6 is 0 Å². The van der Waals surface area contributed by atoms with Gasteiger partial charge >= 0.3 is 0 Å². The van der Waals surface area contributed by atoms with Crippen LogP contribution in [0.15, 0.2) is 29.6 Å². The average Bonchev–Trinajstić information content (AvgIpc) is 2.95. The van der Waals surface area contributed by atoms with Gasteiger partial charge in [-0.1, -0.05) is 0 Å². The lowest BCUT2D eigenvalue weighted by Gasteiger charge is -2.31. The molecule has 1 fully saturated rings. The Morgan fingerprint density at radius 2 is 2.19 bits per heavy atom. The van der Waals surface area contributed by atoms with Gasteiger partial charge in [-0.25, -0.2) is 13.4 Å². The molecule has 26 heavy (non-hydrogen) atoms. The SMILES string of the molecule is Cc1nc(S(=O)(=O)N2CCCC(Oc3ccnc(C(N)=O)c3)C2)cn1C. The first-order chi connectivity index (χ1) is 12.3. The van der Waals surface area contributed by atoms with E-state index in [1.807, 2.05) is 0 Å². The molecule has 1 aliphatic heterocycles. The summed E-state index contributed by atoms with van der Waals surface area (Å²) in [7, 11) is -1.92. The maximum absolute atomic E-state index is 12.8. The Labute approximate surface area is 151 Å². The van der Waals surface area contributed by atoms with Crippen molar-refractivity contribution in [3.8, 4) is 5.75 Å². The molecule has 0 spiro atoms. The van der Waals surface area contributed by atoms with Crippen molar-refractivity contribution in [2.75, 3.05) is 13.1 Å². The molecule has 0 radical (unpaired) electrons. The fourth-order valence-corrected chi connectivity index (χ4v) is 4.35. The molecule has 0 aliphatic carbocycles. The zero-order valence-electron chi connectivity index (χ0n) is 14.6. The number of pyridine rings is 1. The molecule has 140 valence electrons. The van der Waals surface area contributed by atoms with E-state index >= 15 is 0 Å². The average molecular weight is 379 g/mol. The highest BCUT2D eigenvalue weighted by Crippen LogP contribution is 2.23. The van der Waals surface area contributed by atoms with Crippen LogP contribution in [0.5, 0.6) is 5.75 Å². The van der Waals surface area contributed by atoms with Gasteiger partial charge in [0.25, 0.3) is 15.9 Å². The zero-order chi connectivity index (χ0) is 18.9. The number of amides is 1. The van der Waals surface area contributed by atoms with Gasteiger partial charge in [0, 0.05) is 32.1 Å². The molecular weight excluding hydrogens is 358 g/mol. The van der Waals surface area contributed by atoms with Gasteiger partial charge in [-0.2, -0.15) is 4.31 Å². The number of ether oxygens (including phenoxy) is 1. The summed E-state index contributed by atoms with van der Waals surface area (Å²) in [5.41, 5.74) is 5.32. The molecule has 10 heteroatoms. The predicted molar refractivity (Wildman–Crippen MR) is 93.1 cm³/mol. The monoisotopic (exact) mass is 379 g/mol. The van der Waals surface area contributed by atoms with Gasteiger partial charge in [0.2, 0.25) is 0 Å². The fraction of sp³-hybridized carbons (Fsp3) is 0.438. The van der Waals surface area contributed by atoms with E-state index in [-0.39, 0.29) is 23.4 Å². The van der Waals surface area contributed by atoms with E-state index in [0.29, 0.717) is 31.0 Å². The lowest BCUT2D eigenvalue weighted by atomic mass is 10.1. The Hall–Kier alpha value is -2.46. The first-order valence-corrected chi connectivity index (χ1v) is 9.64. The molecular formula is C16H21N5O4S. The molecule has 1 saturated heterocycles. The highest BCUT2D eigenvalue weighted by molar-refractivity contribution is 7.89. The van der Waals surface area contributed by atoms with E-state index in [2.05, 4.69) is 9.97 Å². The van der Waals surface area contributed by atoms with Crippen LogP contribution in [0.2, 0.25) is 0 Å². The Kier molecular flexibility index (Phi) is 4.97. The predicted octanol–water partition coefficient (Wildman–Crippen LogP) is 0.455. The largest absolute Gasteiger partial charge is 0.489 e. The summed E-state index contributed by atoms with van der Waals surface area (Å²) >= 11 is 0. The molecule has 2 aromatic rings. The third-order valence-corrected chi connectivity index (χ3v) is 6.05. The topological polar surface area (TPSA) is 120 Å².